The van der Waals surface area contributed by atoms with E-state index in [2.05, 4.69) is 61.4 Å². The molecule has 1 atom stereocenters. The molecule has 0 radical (unpaired) electrons. The average Bonchev–Trinajstić information content (AvgIpc) is 3.23. The van der Waals surface area contributed by atoms with E-state index in [9.17, 15) is 9.59 Å². The van der Waals surface area contributed by atoms with Gasteiger partial charge < -0.3 is 5.32 Å². The molecular formula is C26H31N5O2S. The Bertz CT molecular complexity index is 1410. The molecule has 0 spiro atoms. The van der Waals surface area contributed by atoms with Crippen LogP contribution in [0.15, 0.2) is 52.4 Å². The summed E-state index contributed by atoms with van der Waals surface area (Å²) >= 11 is 1.32. The van der Waals surface area contributed by atoms with Crippen LogP contribution in [0.4, 0.5) is 0 Å². The van der Waals surface area contributed by atoms with Gasteiger partial charge in [0.05, 0.1) is 22.7 Å². The fourth-order valence-corrected chi connectivity index (χ4v) is 4.70. The van der Waals surface area contributed by atoms with Gasteiger partial charge in [-0.3, -0.25) is 18.6 Å². The molecule has 1 amide bonds. The number of amides is 1. The number of carbonyl (C=O) groups is 1. The highest BCUT2D eigenvalue weighted by molar-refractivity contribution is 7.99. The molecule has 0 aliphatic heterocycles. The Morgan fingerprint density at radius 2 is 1.82 bits per heavy atom. The standard InChI is InChI=1S/C26H31N5O2S/c1-16(2)12-13-30-24(33)21-8-6-7-9-22(21)31-25(30)28-29-26(31)34-15-23(32)27-19(5)20-11-10-17(3)18(4)14-20/h6-11,14,16,19H,12-13,15H2,1-5H3,(H,27,32). The number of aromatic nitrogens is 4. The largest absolute Gasteiger partial charge is 0.349 e. The van der Waals surface area contributed by atoms with Crippen LogP contribution in [0.25, 0.3) is 16.7 Å². The molecule has 0 bridgehead atoms. The highest BCUT2D eigenvalue weighted by Gasteiger charge is 2.18. The minimum atomic E-state index is -0.0930. The van der Waals surface area contributed by atoms with Crippen LogP contribution in [-0.2, 0) is 11.3 Å². The Kier molecular flexibility index (Phi) is 7.07. The molecule has 1 N–H and O–H groups in total. The SMILES string of the molecule is Cc1ccc(C(C)NC(=O)CSc2nnc3n(CCC(C)C)c(=O)c4ccccc4n23)cc1C. The molecule has 34 heavy (non-hydrogen) atoms. The number of thioether (sulfide) groups is 1. The molecular weight excluding hydrogens is 446 g/mol. The molecule has 4 rings (SSSR count). The zero-order chi connectivity index (χ0) is 24.4. The fourth-order valence-electron chi connectivity index (χ4n) is 3.95. The Labute approximate surface area is 203 Å². The lowest BCUT2D eigenvalue weighted by Gasteiger charge is -2.15. The van der Waals surface area contributed by atoms with Crippen LogP contribution in [0.1, 0.15) is 49.9 Å². The van der Waals surface area contributed by atoms with Crippen molar-refractivity contribution in [3.05, 3.63) is 69.5 Å². The van der Waals surface area contributed by atoms with Crippen molar-refractivity contribution in [2.24, 2.45) is 5.92 Å². The second-order valence-electron chi connectivity index (χ2n) is 9.20. The monoisotopic (exact) mass is 477 g/mol. The van der Waals surface area contributed by atoms with Crippen molar-refractivity contribution >= 4 is 34.3 Å². The smallest absolute Gasteiger partial charge is 0.262 e. The predicted octanol–water partition coefficient (Wildman–Crippen LogP) is 4.68. The lowest BCUT2D eigenvalue weighted by atomic mass is 10.0. The van der Waals surface area contributed by atoms with Crippen LogP contribution in [0, 0.1) is 19.8 Å². The zero-order valence-electron chi connectivity index (χ0n) is 20.3. The van der Waals surface area contributed by atoms with E-state index in [1.54, 1.807) is 4.57 Å². The van der Waals surface area contributed by atoms with Crippen LogP contribution in [-0.4, -0.2) is 30.8 Å². The Hall–Kier alpha value is -3.13. The molecule has 0 fully saturated rings. The molecule has 8 heteroatoms. The maximum Gasteiger partial charge on any atom is 0.262 e. The summed E-state index contributed by atoms with van der Waals surface area (Å²) in [6.45, 7) is 11.0. The fraction of sp³-hybridized carbons (Fsp3) is 0.385. The maximum atomic E-state index is 13.1. The molecule has 1 unspecified atom stereocenters. The molecule has 0 saturated heterocycles. The van der Waals surface area contributed by atoms with E-state index in [-0.39, 0.29) is 23.3 Å². The number of rotatable bonds is 8. The van der Waals surface area contributed by atoms with Gasteiger partial charge in [-0.25, -0.2) is 0 Å². The first-order chi connectivity index (χ1) is 16.3. The van der Waals surface area contributed by atoms with Crippen molar-refractivity contribution in [1.29, 1.82) is 0 Å². The Balaban J connectivity index is 1.58. The summed E-state index contributed by atoms with van der Waals surface area (Å²) in [5.41, 5.74) is 4.20. The lowest BCUT2D eigenvalue weighted by Crippen LogP contribution is -2.28. The molecule has 2 aromatic heterocycles. The van der Waals surface area contributed by atoms with Crippen molar-refractivity contribution in [2.45, 2.75) is 58.8 Å². The second kappa shape index (κ2) is 10.0. The molecule has 0 aliphatic rings. The number of carbonyl (C=O) groups excluding carboxylic acids is 1. The van der Waals surface area contributed by atoms with Gasteiger partial charge in [-0.15, -0.1) is 10.2 Å². The van der Waals surface area contributed by atoms with Crippen molar-refractivity contribution < 1.29 is 4.79 Å². The van der Waals surface area contributed by atoms with Crippen molar-refractivity contribution in [1.82, 2.24) is 24.5 Å². The Morgan fingerprint density at radius 3 is 2.56 bits per heavy atom. The van der Waals surface area contributed by atoms with Gasteiger partial charge in [0.25, 0.3) is 5.56 Å². The molecule has 7 nitrogen and oxygen atoms in total. The highest BCUT2D eigenvalue weighted by atomic mass is 32.2. The topological polar surface area (TPSA) is 81.3 Å². The van der Waals surface area contributed by atoms with Crippen LogP contribution in [0.3, 0.4) is 0 Å². The summed E-state index contributed by atoms with van der Waals surface area (Å²) in [6.07, 6.45) is 0.863. The van der Waals surface area contributed by atoms with Gasteiger partial charge in [0.15, 0.2) is 5.16 Å². The number of para-hydroxylation sites is 1. The minimum Gasteiger partial charge on any atom is -0.349 e. The second-order valence-corrected chi connectivity index (χ2v) is 10.1. The predicted molar refractivity (Wildman–Crippen MR) is 137 cm³/mol. The number of benzene rings is 2. The summed E-state index contributed by atoms with van der Waals surface area (Å²) in [6, 6.07) is 13.6. The summed E-state index contributed by atoms with van der Waals surface area (Å²) in [7, 11) is 0. The van der Waals surface area contributed by atoms with Gasteiger partial charge in [0.1, 0.15) is 0 Å². The average molecular weight is 478 g/mol. The van der Waals surface area contributed by atoms with Gasteiger partial charge in [0, 0.05) is 6.54 Å². The minimum absolute atomic E-state index is 0.0624. The molecule has 2 heterocycles. The van der Waals surface area contributed by atoms with Crippen molar-refractivity contribution in [3.63, 3.8) is 0 Å². The first-order valence-electron chi connectivity index (χ1n) is 11.6. The van der Waals surface area contributed by atoms with Crippen LogP contribution in [0.2, 0.25) is 0 Å². The number of hydrogen-bond acceptors (Lipinski definition) is 5. The lowest BCUT2D eigenvalue weighted by molar-refractivity contribution is -0.119. The molecule has 0 saturated carbocycles. The maximum absolute atomic E-state index is 13.1. The number of hydrogen-bond donors (Lipinski definition) is 1. The van der Waals surface area contributed by atoms with Crippen LogP contribution >= 0.6 is 11.8 Å². The molecule has 2 aromatic carbocycles. The third-order valence-electron chi connectivity index (χ3n) is 6.15. The summed E-state index contributed by atoms with van der Waals surface area (Å²) in [5, 5.41) is 13.0. The number of nitrogens with zero attached hydrogens (tertiary/aromatic N) is 4. The summed E-state index contributed by atoms with van der Waals surface area (Å²) in [5.74, 6) is 1.09. The Morgan fingerprint density at radius 1 is 1.06 bits per heavy atom. The molecule has 0 aliphatic carbocycles. The summed E-state index contributed by atoms with van der Waals surface area (Å²) in [4.78, 5) is 25.9. The highest BCUT2D eigenvalue weighted by Crippen LogP contribution is 2.23. The third-order valence-corrected chi connectivity index (χ3v) is 7.08. The zero-order valence-corrected chi connectivity index (χ0v) is 21.1. The quantitative estimate of drug-likeness (QED) is 0.373. The third kappa shape index (κ3) is 4.87. The van der Waals surface area contributed by atoms with Gasteiger partial charge in [-0.2, -0.15) is 0 Å². The normalized spacial score (nSPS) is 12.5. The van der Waals surface area contributed by atoms with E-state index >= 15 is 0 Å². The first-order valence-corrected chi connectivity index (χ1v) is 12.6. The van der Waals surface area contributed by atoms with E-state index in [1.165, 1.54) is 22.9 Å². The van der Waals surface area contributed by atoms with E-state index in [1.807, 2.05) is 35.6 Å². The van der Waals surface area contributed by atoms with Gasteiger partial charge >= 0.3 is 0 Å². The van der Waals surface area contributed by atoms with Gasteiger partial charge in [-0.05, 0) is 61.9 Å². The number of fused-ring (bicyclic) bond motifs is 3. The van der Waals surface area contributed by atoms with E-state index in [0.29, 0.717) is 28.8 Å². The molecule has 4 aromatic rings. The van der Waals surface area contributed by atoms with E-state index in [4.69, 9.17) is 0 Å². The van der Waals surface area contributed by atoms with Crippen molar-refractivity contribution in [3.8, 4) is 0 Å². The van der Waals surface area contributed by atoms with E-state index < -0.39 is 0 Å². The number of nitrogens with one attached hydrogen (secondary N) is 1. The van der Waals surface area contributed by atoms with Gasteiger partial charge in [-0.1, -0.05) is 55.9 Å². The first kappa shape index (κ1) is 24.0. The van der Waals surface area contributed by atoms with Crippen LogP contribution in [0.5, 0.6) is 0 Å². The van der Waals surface area contributed by atoms with Gasteiger partial charge in [0.2, 0.25) is 11.7 Å². The van der Waals surface area contributed by atoms with Crippen molar-refractivity contribution in [2.75, 3.05) is 5.75 Å². The summed E-state index contributed by atoms with van der Waals surface area (Å²) < 4.78 is 3.59. The van der Waals surface area contributed by atoms with Crippen LogP contribution < -0.4 is 10.9 Å². The molecule has 178 valence electrons. The number of aryl methyl sites for hydroxylation is 3. The van der Waals surface area contributed by atoms with E-state index in [0.717, 1.165) is 17.5 Å².